The first-order valence-electron chi connectivity index (χ1n) is 9.08. The van der Waals surface area contributed by atoms with Gasteiger partial charge in [0.2, 0.25) is 0 Å². The molecular weight excluding hydrogens is 246 g/mol. The van der Waals surface area contributed by atoms with Crippen LogP contribution in [0.2, 0.25) is 0 Å². The van der Waals surface area contributed by atoms with Gasteiger partial charge in [0.25, 0.3) is 0 Å². The quantitative estimate of drug-likeness (QED) is 0.811. The molecule has 0 bridgehead atoms. The molecule has 116 valence electrons. The van der Waals surface area contributed by atoms with Crippen LogP contribution in [-0.4, -0.2) is 24.3 Å². The van der Waals surface area contributed by atoms with Gasteiger partial charge in [-0.3, -0.25) is 0 Å². The molecule has 2 heteroatoms. The molecule has 3 atom stereocenters. The highest BCUT2D eigenvalue weighted by molar-refractivity contribution is 4.92. The Kier molecular flexibility index (Phi) is 4.72. The van der Waals surface area contributed by atoms with Gasteiger partial charge in [0, 0.05) is 12.6 Å². The summed E-state index contributed by atoms with van der Waals surface area (Å²) >= 11 is 0. The average Bonchev–Trinajstić information content (AvgIpc) is 3.26. The van der Waals surface area contributed by atoms with E-state index in [-0.39, 0.29) is 5.60 Å². The van der Waals surface area contributed by atoms with E-state index in [2.05, 4.69) is 19.2 Å². The maximum absolute atomic E-state index is 6.75. The number of ether oxygens (including phenoxy) is 1. The largest absolute Gasteiger partial charge is 0.370 e. The minimum atomic E-state index is 0.172. The maximum atomic E-state index is 6.75. The Labute approximate surface area is 125 Å². The molecule has 3 aliphatic carbocycles. The zero-order valence-corrected chi connectivity index (χ0v) is 13.5. The molecule has 3 unspecified atom stereocenters. The molecule has 2 nitrogen and oxygen atoms in total. The molecule has 0 aromatic heterocycles. The SMILES string of the molecule is CC1CCC(OC2(CNC3CC3)CCCCC2)CC1C. The molecule has 0 aromatic carbocycles. The summed E-state index contributed by atoms with van der Waals surface area (Å²) in [7, 11) is 0. The van der Waals surface area contributed by atoms with Crippen molar-refractivity contribution in [3.63, 3.8) is 0 Å². The first kappa shape index (κ1) is 14.8. The second-order valence-electron chi connectivity index (χ2n) is 7.91. The van der Waals surface area contributed by atoms with Gasteiger partial charge in [-0.1, -0.05) is 33.1 Å². The highest BCUT2D eigenvalue weighted by Crippen LogP contribution is 2.38. The summed E-state index contributed by atoms with van der Waals surface area (Å²) in [6, 6.07) is 0.808. The Bertz CT molecular complexity index is 307. The molecule has 0 heterocycles. The first-order chi connectivity index (χ1) is 9.67. The monoisotopic (exact) mass is 279 g/mol. The fraction of sp³-hybridized carbons (Fsp3) is 1.00. The second kappa shape index (κ2) is 6.36. The van der Waals surface area contributed by atoms with Crippen molar-refractivity contribution in [3.8, 4) is 0 Å². The molecule has 3 aliphatic rings. The summed E-state index contributed by atoms with van der Waals surface area (Å²) in [5, 5.41) is 3.75. The van der Waals surface area contributed by atoms with Crippen LogP contribution in [0.25, 0.3) is 0 Å². The summed E-state index contributed by atoms with van der Waals surface area (Å²) in [5.41, 5.74) is 0.172. The average molecular weight is 279 g/mol. The van der Waals surface area contributed by atoms with E-state index in [4.69, 9.17) is 4.74 Å². The van der Waals surface area contributed by atoms with E-state index in [1.807, 2.05) is 0 Å². The molecule has 20 heavy (non-hydrogen) atoms. The standard InChI is InChI=1S/C18H33NO/c1-14-6-9-17(12-15(14)2)20-18(10-4-3-5-11-18)13-19-16-7-8-16/h14-17,19H,3-13H2,1-2H3. The Balaban J connectivity index is 1.56. The minimum Gasteiger partial charge on any atom is -0.370 e. The fourth-order valence-corrected chi connectivity index (χ4v) is 4.11. The van der Waals surface area contributed by atoms with Crippen molar-refractivity contribution in [2.24, 2.45) is 11.8 Å². The summed E-state index contributed by atoms with van der Waals surface area (Å²) in [6.45, 7) is 5.93. The Hall–Kier alpha value is -0.0800. The molecule has 0 amide bonds. The summed E-state index contributed by atoms with van der Waals surface area (Å²) in [4.78, 5) is 0. The van der Waals surface area contributed by atoms with Crippen LogP contribution in [0.3, 0.4) is 0 Å². The van der Waals surface area contributed by atoms with E-state index in [9.17, 15) is 0 Å². The first-order valence-corrected chi connectivity index (χ1v) is 9.08. The minimum absolute atomic E-state index is 0.172. The van der Waals surface area contributed by atoms with Gasteiger partial charge in [-0.2, -0.15) is 0 Å². The molecule has 3 fully saturated rings. The van der Waals surface area contributed by atoms with Gasteiger partial charge in [0.15, 0.2) is 0 Å². The summed E-state index contributed by atoms with van der Waals surface area (Å²) < 4.78 is 6.75. The van der Waals surface area contributed by atoms with E-state index < -0.39 is 0 Å². The third-order valence-electron chi connectivity index (χ3n) is 6.02. The smallest absolute Gasteiger partial charge is 0.0810 e. The van der Waals surface area contributed by atoms with Gasteiger partial charge >= 0.3 is 0 Å². The zero-order valence-electron chi connectivity index (χ0n) is 13.5. The molecule has 0 radical (unpaired) electrons. The fourth-order valence-electron chi connectivity index (χ4n) is 4.11. The van der Waals surface area contributed by atoms with Crippen LogP contribution in [-0.2, 0) is 4.74 Å². The molecule has 1 N–H and O–H groups in total. The van der Waals surface area contributed by atoms with Gasteiger partial charge in [-0.15, -0.1) is 0 Å². The number of nitrogens with one attached hydrogen (secondary N) is 1. The van der Waals surface area contributed by atoms with Gasteiger partial charge in [0.1, 0.15) is 0 Å². The van der Waals surface area contributed by atoms with E-state index in [0.717, 1.165) is 24.4 Å². The van der Waals surface area contributed by atoms with Crippen molar-refractivity contribution >= 4 is 0 Å². The third-order valence-corrected chi connectivity index (χ3v) is 6.02. The van der Waals surface area contributed by atoms with Gasteiger partial charge < -0.3 is 10.1 Å². The number of rotatable bonds is 5. The van der Waals surface area contributed by atoms with Gasteiger partial charge in [-0.25, -0.2) is 0 Å². The molecule has 3 rings (SSSR count). The van der Waals surface area contributed by atoms with E-state index >= 15 is 0 Å². The lowest BCUT2D eigenvalue weighted by Gasteiger charge is -2.43. The summed E-state index contributed by atoms with van der Waals surface area (Å²) in [5.74, 6) is 1.73. The van der Waals surface area contributed by atoms with E-state index in [1.165, 1.54) is 64.2 Å². The molecule has 0 aromatic rings. The van der Waals surface area contributed by atoms with Crippen LogP contribution in [0.4, 0.5) is 0 Å². The lowest BCUT2D eigenvalue weighted by molar-refractivity contribution is -0.130. The van der Waals surface area contributed by atoms with Crippen molar-refractivity contribution in [3.05, 3.63) is 0 Å². The lowest BCUT2D eigenvalue weighted by Crippen LogP contribution is -2.48. The van der Waals surface area contributed by atoms with Crippen LogP contribution < -0.4 is 5.32 Å². The van der Waals surface area contributed by atoms with E-state index in [0.29, 0.717) is 6.10 Å². The van der Waals surface area contributed by atoms with Crippen molar-refractivity contribution in [2.45, 2.75) is 95.8 Å². The highest BCUT2D eigenvalue weighted by Gasteiger charge is 2.38. The Morgan fingerprint density at radius 3 is 2.35 bits per heavy atom. The number of hydrogen-bond acceptors (Lipinski definition) is 2. The second-order valence-corrected chi connectivity index (χ2v) is 7.91. The maximum Gasteiger partial charge on any atom is 0.0810 e. The predicted octanol–water partition coefficient (Wildman–Crippen LogP) is 4.28. The van der Waals surface area contributed by atoms with Crippen molar-refractivity contribution in [1.29, 1.82) is 0 Å². The van der Waals surface area contributed by atoms with Crippen LogP contribution in [0, 0.1) is 11.8 Å². The van der Waals surface area contributed by atoms with Crippen LogP contribution >= 0.6 is 0 Å². The van der Waals surface area contributed by atoms with E-state index in [1.54, 1.807) is 0 Å². The lowest BCUT2D eigenvalue weighted by atomic mass is 9.79. The Morgan fingerprint density at radius 2 is 1.70 bits per heavy atom. The van der Waals surface area contributed by atoms with Crippen molar-refractivity contribution < 1.29 is 4.74 Å². The zero-order chi connectivity index (χ0) is 14.0. The van der Waals surface area contributed by atoms with Crippen LogP contribution in [0.5, 0.6) is 0 Å². The van der Waals surface area contributed by atoms with Gasteiger partial charge in [-0.05, 0) is 56.8 Å². The molecule has 0 saturated heterocycles. The predicted molar refractivity (Wildman–Crippen MR) is 83.9 cm³/mol. The topological polar surface area (TPSA) is 21.3 Å². The van der Waals surface area contributed by atoms with Gasteiger partial charge in [0.05, 0.1) is 11.7 Å². The van der Waals surface area contributed by atoms with Crippen LogP contribution in [0.1, 0.15) is 78.1 Å². The molecule has 0 spiro atoms. The van der Waals surface area contributed by atoms with Crippen LogP contribution in [0.15, 0.2) is 0 Å². The number of hydrogen-bond donors (Lipinski definition) is 1. The van der Waals surface area contributed by atoms with Crippen molar-refractivity contribution in [1.82, 2.24) is 5.32 Å². The Morgan fingerprint density at radius 1 is 0.950 bits per heavy atom. The highest BCUT2D eigenvalue weighted by atomic mass is 16.5. The molecule has 0 aliphatic heterocycles. The molecule has 3 saturated carbocycles. The van der Waals surface area contributed by atoms with Crippen molar-refractivity contribution in [2.75, 3.05) is 6.54 Å². The third kappa shape index (κ3) is 3.76. The molecular formula is C18H33NO. The summed E-state index contributed by atoms with van der Waals surface area (Å²) in [6.07, 6.45) is 13.9. The normalized spacial score (nSPS) is 37.8.